The van der Waals surface area contributed by atoms with E-state index in [1.807, 2.05) is 36.4 Å². The van der Waals surface area contributed by atoms with E-state index in [-0.39, 0.29) is 5.91 Å². The van der Waals surface area contributed by atoms with Crippen LogP contribution in [0.15, 0.2) is 108 Å². The molecule has 0 aliphatic carbocycles. The standard InChI is InChI=1S/C31H22Cl2N4O2/c1-19(21-10-6-13-24(17-21)34-30(38)22-11-5-12-23(32)16-22)36-37-31(39)26-18-28(20-8-3-2-4-9-20)35-29-25(26)14-7-15-27(29)33/h2-18H,1H3,(H,34,38)(H,37,39)/b36-19-. The molecule has 2 N–H and O–H groups in total. The number of hydrogen-bond acceptors (Lipinski definition) is 4. The lowest BCUT2D eigenvalue weighted by molar-refractivity contribution is 0.0955. The Morgan fingerprint density at radius 3 is 2.31 bits per heavy atom. The van der Waals surface area contributed by atoms with Crippen LogP contribution in [-0.4, -0.2) is 22.5 Å². The molecular weight excluding hydrogens is 531 g/mol. The van der Waals surface area contributed by atoms with Gasteiger partial charge in [0.25, 0.3) is 11.8 Å². The highest BCUT2D eigenvalue weighted by Crippen LogP contribution is 2.29. The molecule has 0 atom stereocenters. The average molecular weight is 553 g/mol. The van der Waals surface area contributed by atoms with Crippen LogP contribution in [0.5, 0.6) is 0 Å². The molecule has 0 bridgehead atoms. The molecule has 192 valence electrons. The molecule has 8 heteroatoms. The topological polar surface area (TPSA) is 83.4 Å². The molecule has 4 aromatic carbocycles. The summed E-state index contributed by atoms with van der Waals surface area (Å²) in [7, 11) is 0. The van der Waals surface area contributed by atoms with Crippen molar-refractivity contribution < 1.29 is 9.59 Å². The van der Waals surface area contributed by atoms with E-state index in [0.717, 1.165) is 11.1 Å². The Balaban J connectivity index is 1.39. The Morgan fingerprint density at radius 1 is 0.769 bits per heavy atom. The summed E-state index contributed by atoms with van der Waals surface area (Å²) >= 11 is 12.4. The largest absolute Gasteiger partial charge is 0.322 e. The summed E-state index contributed by atoms with van der Waals surface area (Å²) in [6.45, 7) is 1.77. The van der Waals surface area contributed by atoms with Crippen LogP contribution in [0.1, 0.15) is 33.2 Å². The van der Waals surface area contributed by atoms with Crippen molar-refractivity contribution in [3.63, 3.8) is 0 Å². The Bertz CT molecular complexity index is 1740. The number of nitrogens with one attached hydrogen (secondary N) is 2. The molecular formula is C31H22Cl2N4O2. The van der Waals surface area contributed by atoms with Gasteiger partial charge in [0.05, 0.1) is 27.5 Å². The molecule has 1 aromatic heterocycles. The zero-order chi connectivity index (χ0) is 27.4. The Kier molecular flexibility index (Phi) is 7.68. The number of anilines is 1. The van der Waals surface area contributed by atoms with E-state index >= 15 is 0 Å². The molecule has 39 heavy (non-hydrogen) atoms. The number of halogens is 2. The summed E-state index contributed by atoms with van der Waals surface area (Å²) in [5, 5.41) is 8.74. The molecule has 0 spiro atoms. The first kappa shape index (κ1) is 26.1. The van der Waals surface area contributed by atoms with Gasteiger partial charge in [0.15, 0.2) is 0 Å². The second-order valence-corrected chi connectivity index (χ2v) is 9.58. The lowest BCUT2D eigenvalue weighted by Gasteiger charge is -2.11. The van der Waals surface area contributed by atoms with Gasteiger partial charge >= 0.3 is 0 Å². The normalized spacial score (nSPS) is 11.3. The number of hydrazone groups is 1. The third-order valence-corrected chi connectivity index (χ3v) is 6.59. The van der Waals surface area contributed by atoms with Gasteiger partial charge in [-0.05, 0) is 55.0 Å². The molecule has 5 rings (SSSR count). The third kappa shape index (κ3) is 5.98. The van der Waals surface area contributed by atoms with Crippen molar-refractivity contribution in [2.75, 3.05) is 5.32 Å². The van der Waals surface area contributed by atoms with Gasteiger partial charge in [0, 0.05) is 27.2 Å². The van der Waals surface area contributed by atoms with E-state index in [2.05, 4.69) is 15.8 Å². The summed E-state index contributed by atoms with van der Waals surface area (Å²) in [5.41, 5.74) is 7.41. The highest BCUT2D eigenvalue weighted by atomic mass is 35.5. The number of amides is 2. The molecule has 0 saturated carbocycles. The number of benzene rings is 4. The van der Waals surface area contributed by atoms with Crippen LogP contribution in [0, 0.1) is 0 Å². The summed E-state index contributed by atoms with van der Waals surface area (Å²) in [6, 6.07) is 30.6. The first-order valence-corrected chi connectivity index (χ1v) is 12.8. The third-order valence-electron chi connectivity index (χ3n) is 6.05. The molecule has 0 saturated heterocycles. The number of pyridine rings is 1. The van der Waals surface area contributed by atoms with Crippen molar-refractivity contribution in [3.8, 4) is 11.3 Å². The monoisotopic (exact) mass is 552 g/mol. The van der Waals surface area contributed by atoms with E-state index in [0.29, 0.717) is 49.2 Å². The smallest absolute Gasteiger partial charge is 0.272 e. The first-order valence-electron chi connectivity index (χ1n) is 12.1. The predicted octanol–water partition coefficient (Wildman–Crippen LogP) is 7.61. The second kappa shape index (κ2) is 11.5. The quantitative estimate of drug-likeness (QED) is 0.168. The van der Waals surface area contributed by atoms with Gasteiger partial charge in [-0.25, -0.2) is 10.4 Å². The highest BCUT2D eigenvalue weighted by Gasteiger charge is 2.16. The maximum Gasteiger partial charge on any atom is 0.272 e. The van der Waals surface area contributed by atoms with Gasteiger partial charge < -0.3 is 5.32 Å². The lowest BCUT2D eigenvalue weighted by atomic mass is 10.0. The fourth-order valence-corrected chi connectivity index (χ4v) is 4.48. The van der Waals surface area contributed by atoms with Gasteiger partial charge in [-0.15, -0.1) is 0 Å². The number of rotatable bonds is 6. The van der Waals surface area contributed by atoms with Crippen LogP contribution in [0.2, 0.25) is 10.0 Å². The number of aromatic nitrogens is 1. The second-order valence-electron chi connectivity index (χ2n) is 8.74. The van der Waals surface area contributed by atoms with Crippen molar-refractivity contribution in [3.05, 3.63) is 130 Å². The zero-order valence-electron chi connectivity index (χ0n) is 20.8. The summed E-state index contributed by atoms with van der Waals surface area (Å²) in [4.78, 5) is 30.6. The van der Waals surface area contributed by atoms with E-state index in [4.69, 9.17) is 28.2 Å². The Hall–Kier alpha value is -4.52. The summed E-state index contributed by atoms with van der Waals surface area (Å²) in [6.07, 6.45) is 0. The van der Waals surface area contributed by atoms with Gasteiger partial charge in [-0.3, -0.25) is 9.59 Å². The molecule has 0 aliphatic heterocycles. The fourth-order valence-electron chi connectivity index (χ4n) is 4.07. The van der Waals surface area contributed by atoms with Crippen molar-refractivity contribution in [2.24, 2.45) is 5.10 Å². The van der Waals surface area contributed by atoms with Crippen LogP contribution in [0.4, 0.5) is 5.69 Å². The summed E-state index contributed by atoms with van der Waals surface area (Å²) in [5.74, 6) is -0.679. The minimum atomic E-state index is -0.397. The van der Waals surface area contributed by atoms with Crippen molar-refractivity contribution in [1.82, 2.24) is 10.4 Å². The van der Waals surface area contributed by atoms with Gasteiger partial charge in [0.2, 0.25) is 0 Å². The number of nitrogens with zero attached hydrogens (tertiary/aromatic N) is 2. The minimum absolute atomic E-state index is 0.282. The fraction of sp³-hybridized carbons (Fsp3) is 0.0323. The zero-order valence-corrected chi connectivity index (χ0v) is 22.3. The van der Waals surface area contributed by atoms with Crippen LogP contribution < -0.4 is 10.7 Å². The average Bonchev–Trinajstić information content (AvgIpc) is 2.96. The highest BCUT2D eigenvalue weighted by molar-refractivity contribution is 6.35. The molecule has 0 aliphatic rings. The van der Waals surface area contributed by atoms with Crippen LogP contribution >= 0.6 is 23.2 Å². The Morgan fingerprint density at radius 2 is 1.51 bits per heavy atom. The van der Waals surface area contributed by atoms with E-state index < -0.39 is 5.91 Å². The molecule has 1 heterocycles. The number of hydrogen-bond donors (Lipinski definition) is 2. The number of fused-ring (bicyclic) bond motifs is 1. The first-order chi connectivity index (χ1) is 18.9. The predicted molar refractivity (Wildman–Crippen MR) is 158 cm³/mol. The maximum absolute atomic E-state index is 13.3. The minimum Gasteiger partial charge on any atom is -0.322 e. The molecule has 5 aromatic rings. The van der Waals surface area contributed by atoms with Crippen molar-refractivity contribution in [2.45, 2.75) is 6.92 Å². The lowest BCUT2D eigenvalue weighted by Crippen LogP contribution is -2.20. The van der Waals surface area contributed by atoms with E-state index in [1.165, 1.54) is 0 Å². The van der Waals surface area contributed by atoms with Gasteiger partial charge in [0.1, 0.15) is 0 Å². The molecule has 6 nitrogen and oxygen atoms in total. The van der Waals surface area contributed by atoms with Crippen molar-refractivity contribution in [1.29, 1.82) is 0 Å². The number of para-hydroxylation sites is 1. The van der Waals surface area contributed by atoms with Crippen LogP contribution in [-0.2, 0) is 0 Å². The van der Waals surface area contributed by atoms with Gasteiger partial charge in [-0.2, -0.15) is 5.10 Å². The molecule has 0 fully saturated rings. The Labute approximate surface area is 235 Å². The van der Waals surface area contributed by atoms with Crippen molar-refractivity contribution >= 4 is 57.3 Å². The molecule has 0 radical (unpaired) electrons. The molecule has 0 unspecified atom stereocenters. The SMILES string of the molecule is C/C(=N/NC(=O)c1cc(-c2ccccc2)nc2c(Cl)cccc12)c1cccc(NC(=O)c2cccc(Cl)c2)c1. The van der Waals surface area contributed by atoms with E-state index in [9.17, 15) is 9.59 Å². The van der Waals surface area contributed by atoms with Gasteiger partial charge in [-0.1, -0.05) is 83.9 Å². The maximum atomic E-state index is 13.3. The summed E-state index contributed by atoms with van der Waals surface area (Å²) < 4.78 is 0. The number of carbonyl (C=O) groups excluding carboxylic acids is 2. The molecule has 2 amide bonds. The van der Waals surface area contributed by atoms with Crippen LogP contribution in [0.3, 0.4) is 0 Å². The number of carbonyl (C=O) groups is 2. The van der Waals surface area contributed by atoms with Crippen LogP contribution in [0.25, 0.3) is 22.2 Å². The van der Waals surface area contributed by atoms with E-state index in [1.54, 1.807) is 73.7 Å².